The van der Waals surface area contributed by atoms with Gasteiger partial charge in [-0.3, -0.25) is 14.5 Å². The number of carbonyl (C=O) groups excluding carboxylic acids is 3. The van der Waals surface area contributed by atoms with Crippen molar-refractivity contribution in [3.8, 4) is 0 Å². The summed E-state index contributed by atoms with van der Waals surface area (Å²) < 4.78 is 0. The molecule has 2 heterocycles. The molecule has 1 saturated heterocycles. The van der Waals surface area contributed by atoms with Crippen LogP contribution in [0.2, 0.25) is 0 Å². The number of rotatable bonds is 4. The molecule has 2 aliphatic rings. The molecule has 1 atom stereocenters. The van der Waals surface area contributed by atoms with Gasteiger partial charge in [0.25, 0.3) is 5.91 Å². The van der Waals surface area contributed by atoms with Crippen LogP contribution in [0.3, 0.4) is 0 Å². The molecule has 1 aromatic carbocycles. The molecule has 140 valence electrons. The van der Waals surface area contributed by atoms with Crippen molar-refractivity contribution in [2.75, 3.05) is 11.9 Å². The second kappa shape index (κ2) is 6.45. The first-order valence-corrected chi connectivity index (χ1v) is 9.75. The van der Waals surface area contributed by atoms with Gasteiger partial charge in [0, 0.05) is 4.88 Å². The zero-order valence-electron chi connectivity index (χ0n) is 15.2. The summed E-state index contributed by atoms with van der Waals surface area (Å²) in [6.45, 7) is 3.62. The van der Waals surface area contributed by atoms with Gasteiger partial charge in [0.05, 0.1) is 5.69 Å². The topological polar surface area (TPSA) is 91.4 Å². The Bertz CT molecular complexity index is 954. The highest BCUT2D eigenvalue weighted by Gasteiger charge is 2.55. The Morgan fingerprint density at radius 2 is 2.15 bits per heavy atom. The van der Waals surface area contributed by atoms with Crippen LogP contribution in [0, 0.1) is 6.92 Å². The molecule has 4 rings (SSSR count). The molecule has 0 radical (unpaired) electrons. The van der Waals surface area contributed by atoms with E-state index in [1.54, 1.807) is 0 Å². The molecule has 1 aliphatic heterocycles. The number of benzene rings is 1. The van der Waals surface area contributed by atoms with Crippen molar-refractivity contribution in [1.82, 2.24) is 15.2 Å². The lowest BCUT2D eigenvalue weighted by Crippen LogP contribution is -2.42. The fourth-order valence-electron chi connectivity index (χ4n) is 3.85. The molecule has 1 spiro atoms. The molecule has 4 amide bonds. The van der Waals surface area contributed by atoms with Crippen LogP contribution >= 0.6 is 11.3 Å². The summed E-state index contributed by atoms with van der Waals surface area (Å²) in [6.07, 6.45) is 2.02. The lowest BCUT2D eigenvalue weighted by molar-refractivity contribution is -0.134. The molecule has 2 aromatic rings. The second-order valence-electron chi connectivity index (χ2n) is 6.81. The van der Waals surface area contributed by atoms with E-state index in [4.69, 9.17) is 0 Å². The molecule has 8 heteroatoms. The largest absolute Gasteiger partial charge is 0.325 e. The van der Waals surface area contributed by atoms with Gasteiger partial charge in [0.1, 0.15) is 12.1 Å². The molecule has 0 bridgehead atoms. The van der Waals surface area contributed by atoms with E-state index in [2.05, 4.69) is 15.6 Å². The molecule has 1 aliphatic carbocycles. The zero-order valence-corrected chi connectivity index (χ0v) is 16.0. The third-order valence-electron chi connectivity index (χ3n) is 5.20. The molecular formula is C19H20N4O3S. The number of carbonyl (C=O) groups is 3. The average Bonchev–Trinajstić information content (AvgIpc) is 3.26. The highest BCUT2D eigenvalue weighted by molar-refractivity contribution is 7.15. The van der Waals surface area contributed by atoms with E-state index in [1.807, 2.05) is 38.1 Å². The Kier molecular flexibility index (Phi) is 4.22. The van der Waals surface area contributed by atoms with Crippen molar-refractivity contribution in [2.45, 2.75) is 38.6 Å². The Morgan fingerprint density at radius 1 is 1.37 bits per heavy atom. The van der Waals surface area contributed by atoms with Crippen LogP contribution in [-0.2, 0) is 28.0 Å². The van der Waals surface area contributed by atoms with Gasteiger partial charge >= 0.3 is 6.03 Å². The predicted molar refractivity (Wildman–Crippen MR) is 102 cm³/mol. The highest BCUT2D eigenvalue weighted by Crippen LogP contribution is 2.41. The van der Waals surface area contributed by atoms with Gasteiger partial charge in [0.15, 0.2) is 5.13 Å². The minimum absolute atomic E-state index is 0.325. The van der Waals surface area contributed by atoms with Crippen molar-refractivity contribution in [1.29, 1.82) is 0 Å². The third kappa shape index (κ3) is 2.80. The molecule has 0 saturated carbocycles. The number of nitrogens with one attached hydrogen (secondary N) is 2. The Labute approximate surface area is 160 Å². The molecule has 27 heavy (non-hydrogen) atoms. The molecule has 2 N–H and O–H groups in total. The normalized spacial score (nSPS) is 20.9. The van der Waals surface area contributed by atoms with Gasteiger partial charge in [-0.1, -0.05) is 31.2 Å². The van der Waals surface area contributed by atoms with Gasteiger partial charge in [0.2, 0.25) is 5.91 Å². The minimum atomic E-state index is -1.04. The Hall–Kier alpha value is -2.74. The smallest absolute Gasteiger partial charge is 0.319 e. The summed E-state index contributed by atoms with van der Waals surface area (Å²) in [6, 6.07) is 7.09. The number of urea groups is 1. The maximum absolute atomic E-state index is 13.0. The first-order valence-electron chi connectivity index (χ1n) is 8.93. The van der Waals surface area contributed by atoms with Gasteiger partial charge in [-0.2, -0.15) is 0 Å². The maximum atomic E-state index is 13.0. The van der Waals surface area contributed by atoms with E-state index >= 15 is 0 Å². The number of fused-ring (bicyclic) bond motifs is 2. The number of nitrogens with zero attached hydrogens (tertiary/aromatic N) is 2. The number of aryl methyl sites for hydroxylation is 3. The van der Waals surface area contributed by atoms with Crippen molar-refractivity contribution in [2.24, 2.45) is 0 Å². The number of amides is 4. The second-order valence-corrected chi connectivity index (χ2v) is 8.01. The van der Waals surface area contributed by atoms with E-state index in [-0.39, 0.29) is 12.5 Å². The van der Waals surface area contributed by atoms with Crippen LogP contribution in [0.5, 0.6) is 0 Å². The predicted octanol–water partition coefficient (Wildman–Crippen LogP) is 2.35. The Morgan fingerprint density at radius 3 is 2.89 bits per heavy atom. The standard InChI is InChI=1S/C19H20N4O3S/c1-3-14-11(2)27-17(20-14)21-15(24)10-23-16(25)19(22-18(23)26)9-8-12-6-4-5-7-13(12)19/h4-7H,3,8-10H2,1-2H3,(H,22,26)(H,20,21,24). The SMILES string of the molecule is CCc1nc(NC(=O)CN2C(=O)NC3(CCc4ccccc43)C2=O)sc1C. The molecule has 1 unspecified atom stereocenters. The first kappa shape index (κ1) is 17.7. The van der Waals surface area contributed by atoms with Crippen LogP contribution in [0.1, 0.15) is 35.0 Å². The van der Waals surface area contributed by atoms with E-state index in [0.717, 1.165) is 39.4 Å². The number of imide groups is 1. The van der Waals surface area contributed by atoms with Crippen LogP contribution in [-0.4, -0.2) is 34.3 Å². The Balaban J connectivity index is 1.51. The molecule has 7 nitrogen and oxygen atoms in total. The monoisotopic (exact) mass is 384 g/mol. The molecule has 1 aromatic heterocycles. The number of anilines is 1. The fourth-order valence-corrected chi connectivity index (χ4v) is 4.76. The van der Waals surface area contributed by atoms with Crippen LogP contribution in [0.15, 0.2) is 24.3 Å². The van der Waals surface area contributed by atoms with Crippen molar-refractivity contribution in [3.05, 3.63) is 46.0 Å². The van der Waals surface area contributed by atoms with Crippen LogP contribution in [0.4, 0.5) is 9.93 Å². The first-order chi connectivity index (χ1) is 12.9. The van der Waals surface area contributed by atoms with Crippen molar-refractivity contribution >= 4 is 34.3 Å². The summed E-state index contributed by atoms with van der Waals surface area (Å²) in [4.78, 5) is 44.3. The van der Waals surface area contributed by atoms with Gasteiger partial charge in [-0.15, -0.1) is 11.3 Å². The lowest BCUT2D eigenvalue weighted by Gasteiger charge is -2.22. The zero-order chi connectivity index (χ0) is 19.2. The highest BCUT2D eigenvalue weighted by atomic mass is 32.1. The van der Waals surface area contributed by atoms with Crippen LogP contribution < -0.4 is 10.6 Å². The average molecular weight is 384 g/mol. The van der Waals surface area contributed by atoms with Crippen LogP contribution in [0.25, 0.3) is 0 Å². The molecular weight excluding hydrogens is 364 g/mol. The van der Waals surface area contributed by atoms with E-state index in [0.29, 0.717) is 11.6 Å². The summed E-state index contributed by atoms with van der Waals surface area (Å²) in [5.41, 5.74) is 1.78. The number of hydrogen-bond donors (Lipinski definition) is 2. The quantitative estimate of drug-likeness (QED) is 0.792. The minimum Gasteiger partial charge on any atom is -0.319 e. The van der Waals surface area contributed by atoms with Crippen molar-refractivity contribution < 1.29 is 14.4 Å². The van der Waals surface area contributed by atoms with Gasteiger partial charge in [-0.05, 0) is 37.3 Å². The van der Waals surface area contributed by atoms with E-state index in [1.165, 1.54) is 11.3 Å². The summed E-state index contributed by atoms with van der Waals surface area (Å²) in [5, 5.41) is 6.01. The van der Waals surface area contributed by atoms with Crippen molar-refractivity contribution in [3.63, 3.8) is 0 Å². The van der Waals surface area contributed by atoms with E-state index in [9.17, 15) is 14.4 Å². The lowest BCUT2D eigenvalue weighted by atomic mass is 9.92. The molecule has 1 fully saturated rings. The number of thiazole rings is 1. The summed E-state index contributed by atoms with van der Waals surface area (Å²) in [5.74, 6) is -0.796. The maximum Gasteiger partial charge on any atom is 0.325 e. The van der Waals surface area contributed by atoms with E-state index < -0.39 is 17.5 Å². The van der Waals surface area contributed by atoms with Gasteiger partial charge < -0.3 is 10.6 Å². The number of hydrogen-bond acceptors (Lipinski definition) is 5. The summed E-state index contributed by atoms with van der Waals surface area (Å²) in [7, 11) is 0. The third-order valence-corrected chi connectivity index (χ3v) is 6.13. The summed E-state index contributed by atoms with van der Waals surface area (Å²) >= 11 is 1.39. The number of aromatic nitrogens is 1. The fraction of sp³-hybridized carbons (Fsp3) is 0.368. The van der Waals surface area contributed by atoms with Gasteiger partial charge in [-0.25, -0.2) is 9.78 Å².